The van der Waals surface area contributed by atoms with Crippen LogP contribution in [0.1, 0.15) is 13.8 Å². The second-order valence-electron chi connectivity index (χ2n) is 4.25. The Bertz CT molecular complexity index is 415. The number of hydrogen-bond donors (Lipinski definition) is 1. The first-order chi connectivity index (χ1) is 8.42. The summed E-state index contributed by atoms with van der Waals surface area (Å²) in [5.74, 6) is 0.656. The molecule has 0 aromatic carbocycles. The van der Waals surface area contributed by atoms with Gasteiger partial charge in [0.1, 0.15) is 0 Å². The first-order valence-electron chi connectivity index (χ1n) is 5.27. The summed E-state index contributed by atoms with van der Waals surface area (Å²) in [5, 5.41) is 2.58. The molecule has 0 aliphatic carbocycles. The summed E-state index contributed by atoms with van der Waals surface area (Å²) in [5.41, 5.74) is -0.707. The topological polar surface area (TPSA) is 73.3 Å². The van der Waals surface area contributed by atoms with Crippen LogP contribution in [0.5, 0.6) is 11.8 Å². The van der Waals surface area contributed by atoms with E-state index in [1.54, 1.807) is 13.8 Å². The Hall–Kier alpha value is -1.56. The summed E-state index contributed by atoms with van der Waals surface area (Å²) in [7, 11) is 2.94. The van der Waals surface area contributed by atoms with E-state index in [1.807, 2.05) is 0 Å². The van der Waals surface area contributed by atoms with Gasteiger partial charge in [-0.05, 0) is 13.8 Å². The monoisotopic (exact) mass is 273 g/mol. The highest BCUT2D eigenvalue weighted by Crippen LogP contribution is 2.21. The third kappa shape index (κ3) is 3.46. The lowest BCUT2D eigenvalue weighted by Gasteiger charge is -2.19. The number of carbonyl (C=O) groups is 1. The second-order valence-corrected chi connectivity index (χ2v) is 4.52. The lowest BCUT2D eigenvalue weighted by Crippen LogP contribution is -2.32. The molecule has 100 valence electrons. The van der Waals surface area contributed by atoms with E-state index < -0.39 is 5.41 Å². The fourth-order valence-electron chi connectivity index (χ4n) is 1.00. The van der Waals surface area contributed by atoms with E-state index in [4.69, 9.17) is 21.1 Å². The minimum absolute atomic E-state index is 0.120. The zero-order valence-corrected chi connectivity index (χ0v) is 11.5. The molecule has 0 bridgehead atoms. The Morgan fingerprint density at radius 3 is 2.22 bits per heavy atom. The number of hydrogen-bond acceptors (Lipinski definition) is 5. The first kappa shape index (κ1) is 14.5. The lowest BCUT2D eigenvalue weighted by molar-refractivity contribution is -0.123. The maximum atomic E-state index is 11.9. The predicted molar refractivity (Wildman–Crippen MR) is 68.3 cm³/mol. The van der Waals surface area contributed by atoms with Gasteiger partial charge in [-0.1, -0.05) is 0 Å². The highest BCUT2D eigenvalue weighted by Gasteiger charge is 2.27. The van der Waals surface area contributed by atoms with E-state index in [0.29, 0.717) is 11.8 Å². The molecule has 18 heavy (non-hydrogen) atoms. The lowest BCUT2D eigenvalue weighted by atomic mass is 9.95. The largest absolute Gasteiger partial charge is 0.481 e. The summed E-state index contributed by atoms with van der Waals surface area (Å²) in [6.45, 7) is 3.46. The van der Waals surface area contributed by atoms with Crippen molar-refractivity contribution in [3.8, 4) is 11.8 Å². The molecule has 0 fully saturated rings. The van der Waals surface area contributed by atoms with Crippen LogP contribution in [0.15, 0.2) is 6.07 Å². The van der Waals surface area contributed by atoms with Crippen molar-refractivity contribution in [2.75, 3.05) is 25.4 Å². The van der Waals surface area contributed by atoms with Crippen LogP contribution in [0.3, 0.4) is 0 Å². The van der Waals surface area contributed by atoms with Gasteiger partial charge in [-0.15, -0.1) is 11.6 Å². The average Bonchev–Trinajstić information content (AvgIpc) is 2.37. The number of rotatable bonds is 5. The van der Waals surface area contributed by atoms with Gasteiger partial charge in [0.05, 0.1) is 25.7 Å². The number of methoxy groups -OCH3 is 2. The Morgan fingerprint density at radius 2 is 1.83 bits per heavy atom. The van der Waals surface area contributed by atoms with Crippen LogP contribution in [0.2, 0.25) is 0 Å². The number of anilines is 1. The van der Waals surface area contributed by atoms with Gasteiger partial charge in [0.2, 0.25) is 23.6 Å². The number of carbonyl (C=O) groups excluding carboxylic acids is 1. The molecule has 0 atom stereocenters. The molecule has 7 heteroatoms. The van der Waals surface area contributed by atoms with Gasteiger partial charge >= 0.3 is 0 Å². The third-order valence-corrected chi connectivity index (χ3v) is 2.94. The van der Waals surface area contributed by atoms with Gasteiger partial charge in [-0.25, -0.2) is 0 Å². The zero-order valence-electron chi connectivity index (χ0n) is 10.8. The maximum absolute atomic E-state index is 11.9. The average molecular weight is 274 g/mol. The second kappa shape index (κ2) is 5.86. The molecule has 0 radical (unpaired) electrons. The number of nitrogens with one attached hydrogen (secondary N) is 1. The van der Waals surface area contributed by atoms with E-state index in [1.165, 1.54) is 20.3 Å². The minimum Gasteiger partial charge on any atom is -0.481 e. The van der Waals surface area contributed by atoms with Crippen molar-refractivity contribution in [1.82, 2.24) is 9.97 Å². The molecule has 1 rings (SSSR count). The Balaban J connectivity index is 2.93. The zero-order chi connectivity index (χ0) is 13.8. The molecule has 0 saturated heterocycles. The number of amides is 1. The first-order valence-corrected chi connectivity index (χ1v) is 5.81. The van der Waals surface area contributed by atoms with Crippen LogP contribution in [0.25, 0.3) is 0 Å². The number of aromatic nitrogens is 2. The predicted octanol–water partition coefficient (Wildman–Crippen LogP) is 1.70. The van der Waals surface area contributed by atoms with E-state index in [0.717, 1.165) is 0 Å². The fourth-order valence-corrected chi connectivity index (χ4v) is 1.12. The molecule has 0 aliphatic heterocycles. The smallest absolute Gasteiger partial charge is 0.236 e. The van der Waals surface area contributed by atoms with E-state index in [9.17, 15) is 4.79 Å². The number of ether oxygens (including phenoxy) is 2. The SMILES string of the molecule is COc1cc(OC)nc(NC(=O)C(C)(C)CCl)n1. The highest BCUT2D eigenvalue weighted by molar-refractivity contribution is 6.20. The van der Waals surface area contributed by atoms with E-state index in [2.05, 4.69) is 15.3 Å². The van der Waals surface area contributed by atoms with Gasteiger partial charge in [0.25, 0.3) is 0 Å². The van der Waals surface area contributed by atoms with Crippen LogP contribution in [-0.4, -0.2) is 36.0 Å². The minimum atomic E-state index is -0.707. The molecule has 0 spiro atoms. The fraction of sp³-hybridized carbons (Fsp3) is 0.545. The molecule has 1 aromatic rings. The molecule has 1 N–H and O–H groups in total. The van der Waals surface area contributed by atoms with Crippen molar-refractivity contribution in [2.24, 2.45) is 5.41 Å². The molecular formula is C11H16ClN3O3. The van der Waals surface area contributed by atoms with Crippen LogP contribution in [0, 0.1) is 5.41 Å². The van der Waals surface area contributed by atoms with Crippen LogP contribution < -0.4 is 14.8 Å². The van der Waals surface area contributed by atoms with Gasteiger partial charge in [0, 0.05) is 5.88 Å². The van der Waals surface area contributed by atoms with Gasteiger partial charge in [0.15, 0.2) is 0 Å². The van der Waals surface area contributed by atoms with Crippen LogP contribution in [-0.2, 0) is 4.79 Å². The van der Waals surface area contributed by atoms with Crippen LogP contribution >= 0.6 is 11.6 Å². The Labute approximate surface area is 111 Å². The van der Waals surface area contributed by atoms with E-state index >= 15 is 0 Å². The molecule has 0 aliphatic rings. The summed E-state index contributed by atoms with van der Waals surface area (Å²) >= 11 is 5.72. The molecular weight excluding hydrogens is 258 g/mol. The van der Waals surface area contributed by atoms with Gasteiger partial charge in [-0.3, -0.25) is 10.1 Å². The van der Waals surface area contributed by atoms with Crippen molar-refractivity contribution in [2.45, 2.75) is 13.8 Å². The van der Waals surface area contributed by atoms with Crippen molar-refractivity contribution in [3.63, 3.8) is 0 Å². The Kier molecular flexibility index (Phi) is 4.72. The quantitative estimate of drug-likeness (QED) is 0.827. The molecule has 6 nitrogen and oxygen atoms in total. The molecule has 0 saturated carbocycles. The van der Waals surface area contributed by atoms with Crippen molar-refractivity contribution < 1.29 is 14.3 Å². The van der Waals surface area contributed by atoms with Crippen molar-refractivity contribution in [1.29, 1.82) is 0 Å². The molecule has 0 unspecified atom stereocenters. The normalized spacial score (nSPS) is 10.9. The number of alkyl halides is 1. The summed E-state index contributed by atoms with van der Waals surface area (Å²) in [6.07, 6.45) is 0. The third-order valence-electron chi connectivity index (χ3n) is 2.27. The highest BCUT2D eigenvalue weighted by atomic mass is 35.5. The van der Waals surface area contributed by atoms with E-state index in [-0.39, 0.29) is 17.7 Å². The standard InChI is InChI=1S/C11H16ClN3O3/c1-11(2,6-12)9(16)15-10-13-7(17-3)5-8(14-10)18-4/h5H,6H2,1-4H3,(H,13,14,15,16). The molecule has 1 amide bonds. The maximum Gasteiger partial charge on any atom is 0.236 e. The summed E-state index contributed by atoms with van der Waals surface area (Å²) in [6, 6.07) is 1.52. The van der Waals surface area contributed by atoms with Gasteiger partial charge in [-0.2, -0.15) is 9.97 Å². The van der Waals surface area contributed by atoms with Crippen LogP contribution in [0.4, 0.5) is 5.95 Å². The summed E-state index contributed by atoms with van der Waals surface area (Å²) in [4.78, 5) is 19.9. The summed E-state index contributed by atoms with van der Waals surface area (Å²) < 4.78 is 9.96. The number of nitrogens with zero attached hydrogens (tertiary/aromatic N) is 2. The Morgan fingerprint density at radius 1 is 1.33 bits per heavy atom. The van der Waals surface area contributed by atoms with Crippen molar-refractivity contribution in [3.05, 3.63) is 6.07 Å². The number of halogens is 1. The van der Waals surface area contributed by atoms with Gasteiger partial charge < -0.3 is 9.47 Å². The molecule has 1 heterocycles. The molecule has 1 aromatic heterocycles. The van der Waals surface area contributed by atoms with Crippen molar-refractivity contribution >= 4 is 23.5 Å².